The van der Waals surface area contributed by atoms with Gasteiger partial charge < -0.3 is 9.80 Å². The minimum atomic E-state index is 0.0789. The van der Waals surface area contributed by atoms with E-state index in [-0.39, 0.29) is 5.91 Å². The van der Waals surface area contributed by atoms with Gasteiger partial charge in [0.25, 0.3) is 5.91 Å². The zero-order chi connectivity index (χ0) is 20.3. The van der Waals surface area contributed by atoms with Crippen LogP contribution in [0.4, 0.5) is 11.5 Å². The molecule has 30 heavy (non-hydrogen) atoms. The number of anilines is 2. The molecule has 1 aromatic heterocycles. The number of piperazine rings is 1. The first-order chi connectivity index (χ1) is 14.8. The third kappa shape index (κ3) is 3.81. The third-order valence-corrected chi connectivity index (χ3v) is 6.07. The average Bonchev–Trinajstić information content (AvgIpc) is 3.24. The molecule has 0 bridgehead atoms. The topological polar surface area (TPSA) is 39.7 Å². The van der Waals surface area contributed by atoms with E-state index in [1.165, 1.54) is 16.8 Å². The standard InChI is InChI=1S/C25H26N4O/c30-25(28-16-14-27(15-17-28)19-20-6-2-1-3-7-20)22-10-11-24(26-18-22)29-13-12-21-8-4-5-9-23(21)29/h1-11,18H,12-17,19H2. The van der Waals surface area contributed by atoms with Crippen molar-refractivity contribution < 1.29 is 4.79 Å². The largest absolute Gasteiger partial charge is 0.336 e. The zero-order valence-corrected chi connectivity index (χ0v) is 17.1. The van der Waals surface area contributed by atoms with Crippen molar-refractivity contribution in [2.75, 3.05) is 37.6 Å². The molecule has 2 aliphatic heterocycles. The lowest BCUT2D eigenvalue weighted by Crippen LogP contribution is -2.48. The third-order valence-electron chi connectivity index (χ3n) is 6.07. The van der Waals surface area contributed by atoms with Crippen molar-refractivity contribution in [1.29, 1.82) is 0 Å². The molecule has 0 aliphatic carbocycles. The molecule has 1 fully saturated rings. The number of para-hydroxylation sites is 1. The summed E-state index contributed by atoms with van der Waals surface area (Å²) in [6, 6.07) is 22.9. The maximum atomic E-state index is 12.9. The Morgan fingerprint density at radius 1 is 0.833 bits per heavy atom. The van der Waals surface area contributed by atoms with E-state index in [1.807, 2.05) is 23.1 Å². The van der Waals surface area contributed by atoms with E-state index in [0.29, 0.717) is 5.56 Å². The lowest BCUT2D eigenvalue weighted by atomic mass is 10.2. The van der Waals surface area contributed by atoms with E-state index in [2.05, 4.69) is 63.3 Å². The van der Waals surface area contributed by atoms with Crippen LogP contribution in [0.25, 0.3) is 0 Å². The molecule has 152 valence electrons. The van der Waals surface area contributed by atoms with Crippen molar-refractivity contribution in [2.45, 2.75) is 13.0 Å². The first-order valence-electron chi connectivity index (χ1n) is 10.6. The van der Waals surface area contributed by atoms with E-state index >= 15 is 0 Å². The fraction of sp³-hybridized carbons (Fsp3) is 0.280. The second-order valence-corrected chi connectivity index (χ2v) is 7.99. The van der Waals surface area contributed by atoms with Gasteiger partial charge in [0, 0.05) is 51.2 Å². The number of aromatic nitrogens is 1. The van der Waals surface area contributed by atoms with E-state index < -0.39 is 0 Å². The normalized spacial score (nSPS) is 16.5. The highest BCUT2D eigenvalue weighted by atomic mass is 16.2. The Labute approximate surface area is 177 Å². The molecule has 2 aromatic carbocycles. The fourth-order valence-corrected chi connectivity index (χ4v) is 4.38. The minimum Gasteiger partial charge on any atom is -0.336 e. The number of rotatable bonds is 4. The highest BCUT2D eigenvalue weighted by Gasteiger charge is 2.24. The van der Waals surface area contributed by atoms with Crippen LogP contribution in [0.15, 0.2) is 72.9 Å². The molecule has 0 atom stereocenters. The molecular weight excluding hydrogens is 372 g/mol. The van der Waals surface area contributed by atoms with Crippen molar-refractivity contribution in [2.24, 2.45) is 0 Å². The van der Waals surface area contributed by atoms with Crippen LogP contribution < -0.4 is 4.90 Å². The van der Waals surface area contributed by atoms with Crippen LogP contribution in [0.1, 0.15) is 21.5 Å². The maximum absolute atomic E-state index is 12.9. The minimum absolute atomic E-state index is 0.0789. The summed E-state index contributed by atoms with van der Waals surface area (Å²) < 4.78 is 0. The highest BCUT2D eigenvalue weighted by molar-refractivity contribution is 5.94. The summed E-state index contributed by atoms with van der Waals surface area (Å²) in [4.78, 5) is 24.1. The van der Waals surface area contributed by atoms with Gasteiger partial charge in [0.1, 0.15) is 5.82 Å². The molecule has 3 heterocycles. The van der Waals surface area contributed by atoms with Crippen molar-refractivity contribution in [1.82, 2.24) is 14.8 Å². The molecule has 5 nitrogen and oxygen atoms in total. The van der Waals surface area contributed by atoms with Crippen LogP contribution in [0.5, 0.6) is 0 Å². The van der Waals surface area contributed by atoms with E-state index in [9.17, 15) is 4.79 Å². The van der Waals surface area contributed by atoms with Crippen LogP contribution in [-0.4, -0.2) is 53.4 Å². The molecule has 1 amide bonds. The molecular formula is C25H26N4O. The number of amides is 1. The summed E-state index contributed by atoms with van der Waals surface area (Å²) >= 11 is 0. The molecule has 0 N–H and O–H groups in total. The lowest BCUT2D eigenvalue weighted by Gasteiger charge is -2.34. The number of hydrogen-bond acceptors (Lipinski definition) is 4. The molecule has 5 rings (SSSR count). The molecule has 0 radical (unpaired) electrons. The molecule has 0 unspecified atom stereocenters. The van der Waals surface area contributed by atoms with Gasteiger partial charge in [0.2, 0.25) is 0 Å². The monoisotopic (exact) mass is 398 g/mol. The van der Waals surface area contributed by atoms with Gasteiger partial charge in [-0.15, -0.1) is 0 Å². The summed E-state index contributed by atoms with van der Waals surface area (Å²) in [5.41, 5.74) is 4.56. The Balaban J connectivity index is 1.20. The number of carbonyl (C=O) groups excluding carboxylic acids is 1. The number of pyridine rings is 1. The van der Waals surface area contributed by atoms with E-state index in [4.69, 9.17) is 0 Å². The van der Waals surface area contributed by atoms with Crippen molar-refractivity contribution >= 4 is 17.4 Å². The molecule has 1 saturated heterocycles. The number of nitrogens with zero attached hydrogens (tertiary/aromatic N) is 4. The summed E-state index contributed by atoms with van der Waals surface area (Å²) in [6.45, 7) is 5.19. The Bertz CT molecular complexity index is 1010. The Morgan fingerprint density at radius 2 is 1.60 bits per heavy atom. The second-order valence-electron chi connectivity index (χ2n) is 7.99. The first kappa shape index (κ1) is 18.8. The van der Waals surface area contributed by atoms with Crippen molar-refractivity contribution in [3.8, 4) is 0 Å². The van der Waals surface area contributed by atoms with Crippen LogP contribution in [0.2, 0.25) is 0 Å². The lowest BCUT2D eigenvalue weighted by molar-refractivity contribution is 0.0628. The SMILES string of the molecule is O=C(c1ccc(N2CCc3ccccc32)nc1)N1CCN(Cc2ccccc2)CC1. The molecule has 5 heteroatoms. The second kappa shape index (κ2) is 8.28. The van der Waals surface area contributed by atoms with Crippen molar-refractivity contribution in [3.63, 3.8) is 0 Å². The number of carbonyl (C=O) groups is 1. The van der Waals surface area contributed by atoms with Gasteiger partial charge in [-0.2, -0.15) is 0 Å². The predicted octanol–water partition coefficient (Wildman–Crippen LogP) is 3.73. The fourth-order valence-electron chi connectivity index (χ4n) is 4.38. The predicted molar refractivity (Wildman–Crippen MR) is 119 cm³/mol. The van der Waals surface area contributed by atoms with Gasteiger partial charge in [-0.05, 0) is 35.7 Å². The van der Waals surface area contributed by atoms with E-state index in [0.717, 1.165) is 51.5 Å². The van der Waals surface area contributed by atoms with Gasteiger partial charge in [-0.3, -0.25) is 9.69 Å². The smallest absolute Gasteiger partial charge is 0.255 e. The number of fused-ring (bicyclic) bond motifs is 1. The van der Waals surface area contributed by atoms with Crippen LogP contribution >= 0.6 is 0 Å². The quantitative estimate of drug-likeness (QED) is 0.671. The maximum Gasteiger partial charge on any atom is 0.255 e. The summed E-state index contributed by atoms with van der Waals surface area (Å²) in [6.07, 6.45) is 2.76. The first-order valence-corrected chi connectivity index (χ1v) is 10.6. The summed E-state index contributed by atoms with van der Waals surface area (Å²) in [5, 5.41) is 0. The van der Waals surface area contributed by atoms with Crippen LogP contribution in [0.3, 0.4) is 0 Å². The summed E-state index contributed by atoms with van der Waals surface area (Å²) in [5.74, 6) is 0.986. The van der Waals surface area contributed by atoms with Gasteiger partial charge in [0.15, 0.2) is 0 Å². The molecule has 0 spiro atoms. The molecule has 0 saturated carbocycles. The Kier molecular flexibility index (Phi) is 5.20. The van der Waals surface area contributed by atoms with E-state index in [1.54, 1.807) is 6.20 Å². The van der Waals surface area contributed by atoms with Crippen LogP contribution in [0, 0.1) is 0 Å². The average molecular weight is 399 g/mol. The van der Waals surface area contributed by atoms with Gasteiger partial charge in [0.05, 0.1) is 5.56 Å². The van der Waals surface area contributed by atoms with Crippen LogP contribution in [-0.2, 0) is 13.0 Å². The zero-order valence-electron chi connectivity index (χ0n) is 17.1. The number of benzene rings is 2. The van der Waals surface area contributed by atoms with Gasteiger partial charge in [-0.1, -0.05) is 48.5 Å². The Hall–Kier alpha value is -3.18. The van der Waals surface area contributed by atoms with Crippen molar-refractivity contribution in [3.05, 3.63) is 89.6 Å². The summed E-state index contributed by atoms with van der Waals surface area (Å²) in [7, 11) is 0. The van der Waals surface area contributed by atoms with Gasteiger partial charge >= 0.3 is 0 Å². The van der Waals surface area contributed by atoms with Gasteiger partial charge in [-0.25, -0.2) is 4.98 Å². The number of hydrogen-bond donors (Lipinski definition) is 0. The molecule has 3 aromatic rings. The highest BCUT2D eigenvalue weighted by Crippen LogP contribution is 2.33. The molecule has 2 aliphatic rings. The Morgan fingerprint density at radius 3 is 2.37 bits per heavy atom.